The Balaban J connectivity index is 5.37. The highest BCUT2D eigenvalue weighted by molar-refractivity contribution is 7.72. The molecule has 0 aliphatic heterocycles. The first-order chi connectivity index (χ1) is 8.45. The molecule has 0 radical (unpaired) electrons. The van der Waals surface area contributed by atoms with Crippen LogP contribution in [0.5, 0.6) is 0 Å². The van der Waals surface area contributed by atoms with Gasteiger partial charge in [0, 0.05) is 11.6 Å². The molecule has 0 amide bonds. The van der Waals surface area contributed by atoms with Crippen LogP contribution in [0.2, 0.25) is 0 Å². The quantitative estimate of drug-likeness (QED) is 0.177. The lowest BCUT2D eigenvalue weighted by Gasteiger charge is -2.11. The summed E-state index contributed by atoms with van der Waals surface area (Å²) in [5.74, 6) is -0.629. The molecule has 0 aromatic heterocycles. The molecule has 8 heteroatoms. The lowest BCUT2D eigenvalue weighted by atomic mass is 10.3. The van der Waals surface area contributed by atoms with Gasteiger partial charge in [-0.2, -0.15) is 4.79 Å². The van der Waals surface area contributed by atoms with Gasteiger partial charge in [-0.1, -0.05) is 0 Å². The largest absolute Gasteiger partial charge is 0.466 e. The van der Waals surface area contributed by atoms with Crippen molar-refractivity contribution in [2.45, 2.75) is 20.8 Å². The van der Waals surface area contributed by atoms with E-state index in [1.165, 1.54) is 14.0 Å². The van der Waals surface area contributed by atoms with Crippen LogP contribution in [0.3, 0.4) is 0 Å². The van der Waals surface area contributed by atoms with Crippen LogP contribution in [0.15, 0.2) is 11.6 Å². The molecule has 0 fully saturated rings. The minimum atomic E-state index is -3.72. The monoisotopic (exact) mass is 276 g/mol. The number of hydrogen-bond acceptors (Lipinski definition) is 5. The first-order valence-electron chi connectivity index (χ1n) is 5.33. The van der Waals surface area contributed by atoms with E-state index in [2.05, 4.69) is 9.53 Å². The third-order valence-corrected chi connectivity index (χ3v) is 3.81. The number of methoxy groups -OCH3 is 1. The standard InChI is InChI=1S/C10H17N2O5P/c1-5-16-18(14,17-6-2)9(12-11)7-8(3)10(13)15-4/h7H,5-6H2,1-4H3/b8-7+. The molecule has 0 rings (SSSR count). The SMILES string of the molecule is CCOP(=O)(OCC)C(/C=C(\C)C(=O)OC)=[N+]=[N-]. The number of allylic oxidation sites excluding steroid dienone is 1. The molecular formula is C10H17N2O5P. The van der Waals surface area contributed by atoms with Crippen LogP contribution < -0.4 is 0 Å². The Morgan fingerprint density at radius 3 is 2.17 bits per heavy atom. The van der Waals surface area contributed by atoms with Crippen LogP contribution in [0.4, 0.5) is 0 Å². The summed E-state index contributed by atoms with van der Waals surface area (Å²) in [7, 11) is -2.51. The van der Waals surface area contributed by atoms with Crippen molar-refractivity contribution in [2.24, 2.45) is 0 Å². The second-order valence-corrected chi connectivity index (χ2v) is 5.08. The summed E-state index contributed by atoms with van der Waals surface area (Å²) in [6.07, 6.45) is 1.11. The highest BCUT2D eigenvalue weighted by Crippen LogP contribution is 2.49. The lowest BCUT2D eigenvalue weighted by Crippen LogP contribution is -2.09. The highest BCUT2D eigenvalue weighted by Gasteiger charge is 2.38. The average molecular weight is 276 g/mol. The Kier molecular flexibility index (Phi) is 7.39. The van der Waals surface area contributed by atoms with Gasteiger partial charge in [0.15, 0.2) is 0 Å². The number of rotatable bonds is 7. The van der Waals surface area contributed by atoms with Gasteiger partial charge >= 0.3 is 19.0 Å². The maximum absolute atomic E-state index is 12.3. The Morgan fingerprint density at radius 1 is 1.33 bits per heavy atom. The molecule has 0 bridgehead atoms. The number of nitrogens with zero attached hydrogens (tertiary/aromatic N) is 2. The molecular weight excluding hydrogens is 259 g/mol. The first-order valence-corrected chi connectivity index (χ1v) is 6.87. The number of carbonyl (C=O) groups is 1. The Morgan fingerprint density at radius 2 is 1.83 bits per heavy atom. The van der Waals surface area contributed by atoms with E-state index in [0.29, 0.717) is 0 Å². The Hall–Kier alpha value is -1.26. The van der Waals surface area contributed by atoms with Crippen molar-refractivity contribution in [3.05, 3.63) is 17.2 Å². The van der Waals surface area contributed by atoms with E-state index in [1.54, 1.807) is 13.8 Å². The smallest absolute Gasteiger partial charge is 0.442 e. The predicted molar refractivity (Wildman–Crippen MR) is 65.3 cm³/mol. The zero-order chi connectivity index (χ0) is 14.2. The average Bonchev–Trinajstić information content (AvgIpc) is 2.34. The van der Waals surface area contributed by atoms with Crippen molar-refractivity contribution < 1.29 is 27.9 Å². The van der Waals surface area contributed by atoms with Gasteiger partial charge in [0.25, 0.3) is 0 Å². The highest BCUT2D eigenvalue weighted by atomic mass is 31.2. The predicted octanol–water partition coefficient (Wildman–Crippen LogP) is 2.00. The van der Waals surface area contributed by atoms with Gasteiger partial charge in [0.05, 0.1) is 20.3 Å². The third-order valence-electron chi connectivity index (χ3n) is 1.83. The molecule has 0 heterocycles. The third kappa shape index (κ3) is 4.55. The van der Waals surface area contributed by atoms with Crippen molar-refractivity contribution in [1.29, 1.82) is 0 Å². The Labute approximate surface area is 106 Å². The maximum atomic E-state index is 12.3. The molecule has 0 aromatic rings. The topological polar surface area (TPSA) is 98.2 Å². The number of hydrogen-bond donors (Lipinski definition) is 0. The van der Waals surface area contributed by atoms with Crippen LogP contribution in [0.1, 0.15) is 20.8 Å². The van der Waals surface area contributed by atoms with Crippen LogP contribution in [-0.4, -0.2) is 36.5 Å². The van der Waals surface area contributed by atoms with E-state index in [9.17, 15) is 9.36 Å². The summed E-state index contributed by atoms with van der Waals surface area (Å²) in [5.41, 5.74) is 8.65. The molecule has 0 aromatic carbocycles. The van der Waals surface area contributed by atoms with E-state index in [1.807, 2.05) is 0 Å². The fraction of sp³-hybridized carbons (Fsp3) is 0.600. The second kappa shape index (κ2) is 7.95. The van der Waals surface area contributed by atoms with Crippen LogP contribution in [0.25, 0.3) is 5.53 Å². The van der Waals surface area contributed by atoms with Gasteiger partial charge in [-0.05, 0) is 20.8 Å². The van der Waals surface area contributed by atoms with Crippen molar-refractivity contribution in [3.8, 4) is 0 Å². The second-order valence-electron chi connectivity index (χ2n) is 3.11. The van der Waals surface area contributed by atoms with Crippen molar-refractivity contribution >= 4 is 19.0 Å². The van der Waals surface area contributed by atoms with E-state index < -0.39 is 13.6 Å². The number of ether oxygens (including phenoxy) is 1. The summed E-state index contributed by atoms with van der Waals surface area (Å²) in [6.45, 7) is 4.90. The molecule has 0 saturated heterocycles. The number of esters is 1. The van der Waals surface area contributed by atoms with Crippen molar-refractivity contribution in [2.75, 3.05) is 20.3 Å². The summed E-state index contributed by atoms with van der Waals surface area (Å²) in [6, 6.07) is 0. The molecule has 102 valence electrons. The summed E-state index contributed by atoms with van der Waals surface area (Å²) in [5, 5.41) is 0. The van der Waals surface area contributed by atoms with Gasteiger partial charge in [-0.15, -0.1) is 0 Å². The molecule has 0 aliphatic rings. The molecule has 18 heavy (non-hydrogen) atoms. The molecule has 0 atom stereocenters. The molecule has 0 saturated carbocycles. The zero-order valence-corrected chi connectivity index (χ0v) is 11.8. The van der Waals surface area contributed by atoms with Crippen molar-refractivity contribution in [3.63, 3.8) is 0 Å². The molecule has 0 spiro atoms. The minimum absolute atomic E-state index is 0.113. The van der Waals surface area contributed by atoms with E-state index in [0.717, 1.165) is 6.08 Å². The van der Waals surface area contributed by atoms with Crippen LogP contribution in [-0.2, 0) is 23.1 Å². The fourth-order valence-corrected chi connectivity index (χ4v) is 2.57. The normalized spacial score (nSPS) is 11.9. The molecule has 7 nitrogen and oxygen atoms in total. The number of carbonyl (C=O) groups excluding carboxylic acids is 1. The van der Waals surface area contributed by atoms with Crippen LogP contribution in [0, 0.1) is 0 Å². The van der Waals surface area contributed by atoms with E-state index >= 15 is 0 Å². The lowest BCUT2D eigenvalue weighted by molar-refractivity contribution is -0.136. The zero-order valence-electron chi connectivity index (χ0n) is 10.9. The molecule has 0 N–H and O–H groups in total. The van der Waals surface area contributed by atoms with Crippen LogP contribution >= 0.6 is 7.60 Å². The fourth-order valence-electron chi connectivity index (χ4n) is 1.09. The summed E-state index contributed by atoms with van der Waals surface area (Å²) < 4.78 is 26.7. The van der Waals surface area contributed by atoms with Gasteiger partial charge in [-0.25, -0.2) is 9.36 Å². The van der Waals surface area contributed by atoms with E-state index in [4.69, 9.17) is 14.6 Å². The van der Waals surface area contributed by atoms with Crippen molar-refractivity contribution in [1.82, 2.24) is 0 Å². The molecule has 0 aliphatic carbocycles. The van der Waals surface area contributed by atoms with E-state index in [-0.39, 0.29) is 24.2 Å². The van der Waals surface area contributed by atoms with Gasteiger partial charge in [0.2, 0.25) is 0 Å². The summed E-state index contributed by atoms with van der Waals surface area (Å²) in [4.78, 5) is 14.1. The maximum Gasteiger partial charge on any atom is 0.442 e. The molecule has 0 unspecified atom stereocenters. The van der Waals surface area contributed by atoms with Gasteiger partial charge in [0.1, 0.15) is 0 Å². The van der Waals surface area contributed by atoms with Gasteiger partial charge < -0.3 is 19.3 Å². The van der Waals surface area contributed by atoms with Gasteiger partial charge in [-0.3, -0.25) is 0 Å². The minimum Gasteiger partial charge on any atom is -0.466 e. The summed E-state index contributed by atoms with van der Waals surface area (Å²) >= 11 is 0. The Bertz CT molecular complexity index is 416. The first kappa shape index (κ1) is 16.7.